The predicted molar refractivity (Wildman–Crippen MR) is 124 cm³/mol. The lowest BCUT2D eigenvalue weighted by molar-refractivity contribution is -0.143. The summed E-state index contributed by atoms with van der Waals surface area (Å²) in [5.74, 6) is -0.441. The van der Waals surface area contributed by atoms with Gasteiger partial charge in [0.2, 0.25) is 11.6 Å². The summed E-state index contributed by atoms with van der Waals surface area (Å²) >= 11 is 0.868. The number of hydrogen-bond acceptors (Lipinski definition) is 9. The Balaban J connectivity index is 1.38. The van der Waals surface area contributed by atoms with Gasteiger partial charge >= 0.3 is 18.4 Å². The molecule has 0 saturated carbocycles. The third-order valence-electron chi connectivity index (χ3n) is 5.44. The number of aromatic nitrogens is 4. The Morgan fingerprint density at radius 3 is 2.23 bits per heavy atom. The highest BCUT2D eigenvalue weighted by Gasteiger charge is 2.37. The molecule has 4 rings (SSSR count). The summed E-state index contributed by atoms with van der Waals surface area (Å²) in [4.78, 5) is 34.6. The monoisotopic (exact) mass is 576 g/mol. The summed E-state index contributed by atoms with van der Waals surface area (Å²) < 4.78 is 92.5. The van der Waals surface area contributed by atoms with Gasteiger partial charge in [0, 0.05) is 38.1 Å². The van der Waals surface area contributed by atoms with Crippen LogP contribution < -0.4 is 20.7 Å². The Morgan fingerprint density at radius 2 is 1.64 bits per heavy atom. The van der Waals surface area contributed by atoms with Gasteiger partial charge in [-0.1, -0.05) is 0 Å². The molecule has 39 heavy (non-hydrogen) atoms. The number of hydrogen-bond donors (Lipinski definition) is 2. The summed E-state index contributed by atoms with van der Waals surface area (Å²) in [6.45, 7) is 0.555. The number of primary amides is 1. The molecule has 1 aliphatic rings. The lowest BCUT2D eigenvalue weighted by Gasteiger charge is -2.34. The standard InChI is InChI=1S/C21H18F6N8O3S/c22-20(23,24)11-7-12(21(25,26)27)9-14(8-11)31-19(37)35-5-3-34(4-6-35)17-18(33-39-32-17)38-10-13-1-2-29-16(30-13)15(28)36/h1-2,7-9H,3-6,10H2,(H2,28,36)(H,31,37). The van der Waals surface area contributed by atoms with Gasteiger partial charge in [-0.05, 0) is 24.3 Å². The second-order valence-corrected chi connectivity index (χ2v) is 8.64. The number of benzene rings is 1. The summed E-state index contributed by atoms with van der Waals surface area (Å²) in [7, 11) is 0. The largest absolute Gasteiger partial charge is 0.468 e. The number of nitrogens with one attached hydrogen (secondary N) is 1. The molecule has 1 saturated heterocycles. The SMILES string of the molecule is NC(=O)c1nccc(COc2nsnc2N2CCN(C(=O)Nc3cc(C(F)(F)F)cc(C(F)(F)F)c3)CC2)n1. The first kappa shape index (κ1) is 27.8. The van der Waals surface area contributed by atoms with E-state index in [0.717, 1.165) is 11.7 Å². The molecular formula is C21H18F6N8O3S. The minimum atomic E-state index is -5.04. The molecule has 0 aliphatic carbocycles. The van der Waals surface area contributed by atoms with Crippen LogP contribution in [-0.4, -0.2) is 61.7 Å². The van der Waals surface area contributed by atoms with Crippen molar-refractivity contribution in [3.63, 3.8) is 0 Å². The van der Waals surface area contributed by atoms with E-state index in [4.69, 9.17) is 10.5 Å². The van der Waals surface area contributed by atoms with Crippen molar-refractivity contribution in [2.45, 2.75) is 19.0 Å². The third-order valence-corrected chi connectivity index (χ3v) is 5.94. The fourth-order valence-electron chi connectivity index (χ4n) is 3.55. The number of carbonyl (C=O) groups excluding carboxylic acids is 2. The van der Waals surface area contributed by atoms with Crippen molar-refractivity contribution >= 4 is 35.2 Å². The number of alkyl halides is 6. The first-order chi connectivity index (χ1) is 18.3. The van der Waals surface area contributed by atoms with E-state index < -0.39 is 41.1 Å². The van der Waals surface area contributed by atoms with Crippen molar-refractivity contribution in [1.29, 1.82) is 0 Å². The van der Waals surface area contributed by atoms with E-state index in [2.05, 4.69) is 24.0 Å². The number of amides is 3. The van der Waals surface area contributed by atoms with Gasteiger partial charge < -0.3 is 25.6 Å². The van der Waals surface area contributed by atoms with Gasteiger partial charge in [-0.2, -0.15) is 30.7 Å². The van der Waals surface area contributed by atoms with E-state index in [-0.39, 0.29) is 50.6 Å². The second kappa shape index (κ2) is 10.9. The van der Waals surface area contributed by atoms with E-state index in [1.807, 2.05) is 0 Å². The van der Waals surface area contributed by atoms with Crippen LogP contribution in [-0.2, 0) is 19.0 Å². The first-order valence-corrected chi connectivity index (χ1v) is 11.7. The van der Waals surface area contributed by atoms with Crippen LogP contribution in [0.5, 0.6) is 5.88 Å². The number of rotatable bonds is 6. The summed E-state index contributed by atoms with van der Waals surface area (Å²) in [5.41, 5.74) is 1.83. The van der Waals surface area contributed by atoms with Crippen LogP contribution in [0.3, 0.4) is 0 Å². The van der Waals surface area contributed by atoms with Gasteiger partial charge in [-0.3, -0.25) is 4.79 Å². The molecule has 1 aliphatic heterocycles. The Kier molecular flexibility index (Phi) is 7.75. The Morgan fingerprint density at radius 1 is 1.00 bits per heavy atom. The lowest BCUT2D eigenvalue weighted by atomic mass is 10.1. The molecule has 0 bridgehead atoms. The van der Waals surface area contributed by atoms with Gasteiger partial charge in [0.15, 0.2) is 0 Å². The highest BCUT2D eigenvalue weighted by molar-refractivity contribution is 6.99. The van der Waals surface area contributed by atoms with Crippen LogP contribution in [0.25, 0.3) is 0 Å². The van der Waals surface area contributed by atoms with Gasteiger partial charge in [-0.15, -0.1) is 4.37 Å². The smallest absolute Gasteiger partial charge is 0.416 e. The zero-order valence-electron chi connectivity index (χ0n) is 19.6. The van der Waals surface area contributed by atoms with Crippen molar-refractivity contribution in [3.05, 3.63) is 53.1 Å². The fourth-order valence-corrected chi connectivity index (χ4v) is 4.07. The predicted octanol–water partition coefficient (Wildman–Crippen LogP) is 3.40. The maximum absolute atomic E-state index is 13.1. The van der Waals surface area contributed by atoms with Gasteiger partial charge in [-0.25, -0.2) is 14.8 Å². The third kappa shape index (κ3) is 6.81. The number of piperazine rings is 1. The highest BCUT2D eigenvalue weighted by Crippen LogP contribution is 2.37. The minimum Gasteiger partial charge on any atom is -0.468 e. The van der Waals surface area contributed by atoms with E-state index in [1.165, 1.54) is 17.2 Å². The first-order valence-electron chi connectivity index (χ1n) is 11.0. The molecule has 11 nitrogen and oxygen atoms in total. The normalized spacial score (nSPS) is 14.3. The molecule has 208 valence electrons. The summed E-state index contributed by atoms with van der Waals surface area (Å²) in [6, 6.07) is 1.53. The van der Waals surface area contributed by atoms with E-state index >= 15 is 0 Å². The van der Waals surface area contributed by atoms with Crippen molar-refractivity contribution in [2.75, 3.05) is 36.4 Å². The number of anilines is 2. The highest BCUT2D eigenvalue weighted by atomic mass is 32.1. The number of halogens is 6. The molecule has 0 unspecified atom stereocenters. The maximum atomic E-state index is 13.1. The zero-order valence-corrected chi connectivity index (χ0v) is 20.4. The van der Waals surface area contributed by atoms with Crippen LogP contribution in [0, 0.1) is 0 Å². The van der Waals surface area contributed by atoms with Crippen LogP contribution in [0.1, 0.15) is 27.4 Å². The maximum Gasteiger partial charge on any atom is 0.416 e. The Hall–Kier alpha value is -4.22. The van der Waals surface area contributed by atoms with Crippen molar-refractivity contribution in [3.8, 4) is 5.88 Å². The number of urea groups is 1. The summed E-state index contributed by atoms with van der Waals surface area (Å²) in [5, 5.41) is 2.12. The molecule has 18 heteroatoms. The van der Waals surface area contributed by atoms with E-state index in [0.29, 0.717) is 23.6 Å². The average molecular weight is 576 g/mol. The van der Waals surface area contributed by atoms with Gasteiger partial charge in [0.1, 0.15) is 6.61 Å². The molecule has 3 aromatic rings. The van der Waals surface area contributed by atoms with E-state index in [9.17, 15) is 35.9 Å². The van der Waals surface area contributed by atoms with Crippen molar-refractivity contribution < 1.29 is 40.7 Å². The number of nitrogens with two attached hydrogens (primary N) is 1. The van der Waals surface area contributed by atoms with Crippen LogP contribution in [0.4, 0.5) is 42.6 Å². The molecule has 3 N–H and O–H groups in total. The minimum absolute atomic E-state index is 0.0165. The number of carbonyl (C=O) groups is 2. The van der Waals surface area contributed by atoms with Gasteiger partial charge in [0.25, 0.3) is 11.8 Å². The lowest BCUT2D eigenvalue weighted by Crippen LogP contribution is -2.50. The van der Waals surface area contributed by atoms with Crippen LogP contribution >= 0.6 is 11.7 Å². The molecule has 1 aromatic carbocycles. The molecule has 1 fully saturated rings. The van der Waals surface area contributed by atoms with Crippen molar-refractivity contribution in [1.82, 2.24) is 23.6 Å². The van der Waals surface area contributed by atoms with Crippen LogP contribution in [0.15, 0.2) is 30.5 Å². The Labute approximate surface area is 219 Å². The Bertz CT molecular complexity index is 1330. The molecule has 0 spiro atoms. The van der Waals surface area contributed by atoms with Crippen molar-refractivity contribution in [2.24, 2.45) is 5.73 Å². The van der Waals surface area contributed by atoms with Crippen LogP contribution in [0.2, 0.25) is 0 Å². The zero-order chi connectivity index (χ0) is 28.4. The van der Waals surface area contributed by atoms with E-state index in [1.54, 1.807) is 4.90 Å². The second-order valence-electron chi connectivity index (χ2n) is 8.12. The molecular weight excluding hydrogens is 558 g/mol. The quantitative estimate of drug-likeness (QED) is 0.426. The summed E-state index contributed by atoms with van der Waals surface area (Å²) in [6.07, 6.45) is -8.73. The molecule has 3 amide bonds. The number of ether oxygens (including phenoxy) is 1. The van der Waals surface area contributed by atoms with Gasteiger partial charge in [0.05, 0.1) is 28.5 Å². The topological polar surface area (TPSA) is 139 Å². The molecule has 0 atom stereocenters. The molecule has 2 aromatic heterocycles. The number of nitrogens with zero attached hydrogens (tertiary/aromatic N) is 6. The fraction of sp³-hybridized carbons (Fsp3) is 0.333. The average Bonchev–Trinajstić information content (AvgIpc) is 3.35. The molecule has 3 heterocycles. The molecule has 0 radical (unpaired) electrons.